The molecule has 2 amide bonds. The Hall–Kier alpha value is -2.12. The first-order valence-corrected chi connectivity index (χ1v) is 6.54. The Bertz CT molecular complexity index is 418. The monoisotopic (exact) mass is 282 g/mol. The fraction of sp³-hybridized carbons (Fsp3) is 0.667. The van der Waals surface area contributed by atoms with Crippen LogP contribution in [-0.2, 0) is 19.1 Å². The molecular formula is C12H18N4O4. The van der Waals surface area contributed by atoms with Crippen molar-refractivity contribution in [2.24, 2.45) is 9.98 Å². The van der Waals surface area contributed by atoms with Crippen LogP contribution < -0.4 is 10.6 Å². The Morgan fingerprint density at radius 2 is 1.40 bits per heavy atom. The van der Waals surface area contributed by atoms with E-state index in [2.05, 4.69) is 20.6 Å². The molecular weight excluding hydrogens is 264 g/mol. The van der Waals surface area contributed by atoms with Gasteiger partial charge in [0.1, 0.15) is 13.2 Å². The third-order valence-electron chi connectivity index (χ3n) is 2.68. The molecule has 0 bridgehead atoms. The van der Waals surface area contributed by atoms with Gasteiger partial charge in [-0.15, -0.1) is 0 Å². The molecule has 2 aliphatic rings. The zero-order chi connectivity index (χ0) is 14.5. The van der Waals surface area contributed by atoms with E-state index in [0.717, 1.165) is 0 Å². The number of carbonyl (C=O) groups is 2. The van der Waals surface area contributed by atoms with Crippen molar-refractivity contribution in [2.75, 3.05) is 26.3 Å². The summed E-state index contributed by atoms with van der Waals surface area (Å²) < 4.78 is 10.2. The molecule has 0 saturated carbocycles. The number of rotatable bonds is 5. The van der Waals surface area contributed by atoms with E-state index in [9.17, 15) is 9.59 Å². The van der Waals surface area contributed by atoms with Gasteiger partial charge in [0.15, 0.2) is 0 Å². The van der Waals surface area contributed by atoms with Crippen LogP contribution in [0.15, 0.2) is 9.98 Å². The molecule has 0 aromatic carbocycles. The maximum atomic E-state index is 11.6. The largest absolute Gasteiger partial charge is 0.472 e. The fourth-order valence-corrected chi connectivity index (χ4v) is 1.70. The smallest absolute Gasteiger partial charge is 0.306 e. The minimum Gasteiger partial charge on any atom is -0.472 e. The van der Waals surface area contributed by atoms with E-state index in [1.807, 2.05) is 13.8 Å². The second kappa shape index (κ2) is 6.36. The van der Waals surface area contributed by atoms with Crippen LogP contribution in [0, 0.1) is 0 Å². The number of hydrogen-bond acceptors (Lipinski definition) is 6. The minimum absolute atomic E-state index is 0.00923. The number of nitrogens with one attached hydrogen (secondary N) is 2. The van der Waals surface area contributed by atoms with Gasteiger partial charge in [-0.2, -0.15) is 0 Å². The number of ether oxygens (including phenoxy) is 2. The summed E-state index contributed by atoms with van der Waals surface area (Å²) >= 11 is 0. The van der Waals surface area contributed by atoms with Crippen LogP contribution >= 0.6 is 0 Å². The van der Waals surface area contributed by atoms with Crippen molar-refractivity contribution in [3.63, 3.8) is 0 Å². The molecule has 0 fully saturated rings. The average molecular weight is 282 g/mol. The van der Waals surface area contributed by atoms with Crippen LogP contribution in [0.25, 0.3) is 0 Å². The van der Waals surface area contributed by atoms with Crippen molar-refractivity contribution in [3.8, 4) is 0 Å². The van der Waals surface area contributed by atoms with Crippen LogP contribution in [0.1, 0.15) is 13.8 Å². The number of nitrogens with zero attached hydrogens (tertiary/aromatic N) is 2. The van der Waals surface area contributed by atoms with Crippen molar-refractivity contribution < 1.29 is 19.1 Å². The van der Waals surface area contributed by atoms with Crippen LogP contribution in [0.4, 0.5) is 0 Å². The van der Waals surface area contributed by atoms with Gasteiger partial charge in [-0.3, -0.25) is 9.59 Å². The summed E-state index contributed by atoms with van der Waals surface area (Å²) in [5.74, 6) is -0.541. The molecule has 2 rings (SSSR count). The van der Waals surface area contributed by atoms with Crippen molar-refractivity contribution in [2.45, 2.75) is 25.9 Å². The maximum absolute atomic E-state index is 11.6. The predicted octanol–water partition coefficient (Wildman–Crippen LogP) is -1.15. The van der Waals surface area contributed by atoms with Gasteiger partial charge >= 0.3 is 11.8 Å². The fourth-order valence-electron chi connectivity index (χ4n) is 1.70. The molecule has 0 aromatic heterocycles. The average Bonchev–Trinajstić information content (AvgIpc) is 3.03. The van der Waals surface area contributed by atoms with Gasteiger partial charge in [-0.05, 0) is 13.8 Å². The molecule has 0 aliphatic carbocycles. The van der Waals surface area contributed by atoms with E-state index in [1.165, 1.54) is 0 Å². The summed E-state index contributed by atoms with van der Waals surface area (Å²) in [6.07, 6.45) is 0. The molecule has 0 aromatic rings. The third-order valence-corrected chi connectivity index (χ3v) is 2.68. The van der Waals surface area contributed by atoms with Crippen LogP contribution in [0.3, 0.4) is 0 Å². The topological polar surface area (TPSA) is 101 Å². The Labute approximate surface area is 116 Å². The van der Waals surface area contributed by atoms with E-state index < -0.39 is 0 Å². The van der Waals surface area contributed by atoms with Crippen LogP contribution in [-0.4, -0.2) is 62.0 Å². The zero-order valence-corrected chi connectivity index (χ0v) is 11.5. The number of amides is 2. The summed E-state index contributed by atoms with van der Waals surface area (Å²) in [5.41, 5.74) is 0. The standard InChI is InChI=1S/C12H18N4O4/c1-7-5-19-11(15-7)9(17)13-3-4-14-10(18)12-16-8(2)6-20-12/h7-8H,3-6H2,1-2H3,(H,13,17)(H,14,18). The first-order valence-electron chi connectivity index (χ1n) is 6.54. The van der Waals surface area contributed by atoms with E-state index >= 15 is 0 Å². The van der Waals surface area contributed by atoms with Crippen LogP contribution in [0.2, 0.25) is 0 Å². The van der Waals surface area contributed by atoms with Crippen molar-refractivity contribution >= 4 is 23.6 Å². The predicted molar refractivity (Wildman–Crippen MR) is 71.7 cm³/mol. The Morgan fingerprint density at radius 1 is 1.00 bits per heavy atom. The lowest BCUT2D eigenvalue weighted by Gasteiger charge is -2.06. The van der Waals surface area contributed by atoms with E-state index in [-0.39, 0.29) is 48.8 Å². The highest BCUT2D eigenvalue weighted by Crippen LogP contribution is 2.03. The highest BCUT2D eigenvalue weighted by atomic mass is 16.5. The quantitative estimate of drug-likeness (QED) is 0.622. The molecule has 2 heterocycles. The van der Waals surface area contributed by atoms with Gasteiger partial charge in [-0.1, -0.05) is 0 Å². The highest BCUT2D eigenvalue weighted by molar-refractivity contribution is 6.36. The second-order valence-electron chi connectivity index (χ2n) is 4.70. The maximum Gasteiger partial charge on any atom is 0.306 e. The molecule has 0 spiro atoms. The van der Waals surface area contributed by atoms with Gasteiger partial charge in [-0.25, -0.2) is 9.98 Å². The summed E-state index contributed by atoms with van der Waals surface area (Å²) in [7, 11) is 0. The summed E-state index contributed by atoms with van der Waals surface area (Å²) in [6.45, 7) is 5.14. The summed E-state index contributed by atoms with van der Waals surface area (Å²) in [5, 5.41) is 5.22. The molecule has 8 heteroatoms. The normalized spacial score (nSPS) is 24.3. The van der Waals surface area contributed by atoms with Gasteiger partial charge in [0.05, 0.1) is 12.1 Å². The van der Waals surface area contributed by atoms with Crippen molar-refractivity contribution in [3.05, 3.63) is 0 Å². The highest BCUT2D eigenvalue weighted by Gasteiger charge is 2.22. The Morgan fingerprint density at radius 3 is 1.70 bits per heavy atom. The lowest BCUT2D eigenvalue weighted by atomic mass is 10.4. The Balaban J connectivity index is 1.64. The SMILES string of the molecule is CC1COC(C(=O)NCCNC(=O)C2=NC(C)CO2)=N1. The molecule has 110 valence electrons. The molecule has 20 heavy (non-hydrogen) atoms. The van der Waals surface area contributed by atoms with Gasteiger partial charge in [0.25, 0.3) is 11.8 Å². The van der Waals surface area contributed by atoms with Gasteiger partial charge < -0.3 is 20.1 Å². The molecule has 8 nitrogen and oxygen atoms in total. The first kappa shape index (κ1) is 14.3. The lowest BCUT2D eigenvalue weighted by Crippen LogP contribution is -2.40. The molecule has 0 radical (unpaired) electrons. The molecule has 2 atom stereocenters. The first-order chi connectivity index (χ1) is 9.56. The van der Waals surface area contributed by atoms with E-state index in [4.69, 9.17) is 9.47 Å². The van der Waals surface area contributed by atoms with Gasteiger partial charge in [0, 0.05) is 13.1 Å². The minimum atomic E-state index is -0.369. The molecule has 2 unspecified atom stereocenters. The molecule has 0 saturated heterocycles. The second-order valence-corrected chi connectivity index (χ2v) is 4.70. The molecule has 2 aliphatic heterocycles. The summed E-state index contributed by atoms with van der Waals surface area (Å²) in [4.78, 5) is 31.3. The number of carbonyl (C=O) groups excluding carboxylic acids is 2. The lowest BCUT2D eigenvalue weighted by molar-refractivity contribution is -0.117. The number of hydrogen-bond donors (Lipinski definition) is 2. The van der Waals surface area contributed by atoms with Crippen molar-refractivity contribution in [1.82, 2.24) is 10.6 Å². The molecule has 2 N–H and O–H groups in total. The third kappa shape index (κ3) is 3.69. The Kier molecular flexibility index (Phi) is 4.54. The zero-order valence-electron chi connectivity index (χ0n) is 11.5. The van der Waals surface area contributed by atoms with Gasteiger partial charge in [0.2, 0.25) is 0 Å². The van der Waals surface area contributed by atoms with E-state index in [0.29, 0.717) is 13.2 Å². The van der Waals surface area contributed by atoms with Crippen molar-refractivity contribution in [1.29, 1.82) is 0 Å². The number of aliphatic imine (C=N–C) groups is 2. The van der Waals surface area contributed by atoms with Crippen LogP contribution in [0.5, 0.6) is 0 Å². The van der Waals surface area contributed by atoms with E-state index in [1.54, 1.807) is 0 Å². The summed E-state index contributed by atoms with van der Waals surface area (Å²) in [6, 6.07) is 0.0185.